The molecule has 6 nitrogen and oxygen atoms in total. The van der Waals surface area contributed by atoms with Gasteiger partial charge in [-0.2, -0.15) is 5.10 Å². The second-order valence-corrected chi connectivity index (χ2v) is 6.88. The first-order chi connectivity index (χ1) is 12.6. The molecule has 6 heteroatoms. The van der Waals surface area contributed by atoms with E-state index in [0.717, 1.165) is 48.5 Å². The van der Waals surface area contributed by atoms with Crippen LogP contribution in [-0.2, 0) is 0 Å². The Hall–Kier alpha value is -2.73. The van der Waals surface area contributed by atoms with E-state index in [-0.39, 0.29) is 11.9 Å². The number of amides is 1. The van der Waals surface area contributed by atoms with Crippen LogP contribution in [0.4, 0.5) is 0 Å². The number of fused-ring (bicyclic) bond motifs is 1. The highest BCUT2D eigenvalue weighted by atomic mass is 16.2. The molecule has 0 spiro atoms. The van der Waals surface area contributed by atoms with Gasteiger partial charge in [-0.25, -0.2) is 9.67 Å². The Balaban J connectivity index is 1.88. The van der Waals surface area contributed by atoms with E-state index in [4.69, 9.17) is 4.98 Å². The Morgan fingerprint density at radius 2 is 1.88 bits per heavy atom. The number of pyridine rings is 1. The predicted molar refractivity (Wildman–Crippen MR) is 102 cm³/mol. The molecule has 1 fully saturated rings. The van der Waals surface area contributed by atoms with Crippen molar-refractivity contribution in [1.82, 2.24) is 25.0 Å². The van der Waals surface area contributed by atoms with Crippen molar-refractivity contribution >= 4 is 16.9 Å². The SMILES string of the molecule is CC(C)n1ncc2c(C(=O)N3CCNCC3)cc(-c3ccccc3)nc21. The largest absolute Gasteiger partial charge is 0.336 e. The van der Waals surface area contributed by atoms with Crippen LogP contribution in [0.3, 0.4) is 0 Å². The molecule has 1 aliphatic rings. The fourth-order valence-corrected chi connectivity index (χ4v) is 3.37. The summed E-state index contributed by atoms with van der Waals surface area (Å²) in [6.45, 7) is 7.25. The van der Waals surface area contributed by atoms with E-state index in [0.29, 0.717) is 5.56 Å². The lowest BCUT2D eigenvalue weighted by atomic mass is 10.1. The van der Waals surface area contributed by atoms with Crippen LogP contribution in [0, 0.1) is 0 Å². The van der Waals surface area contributed by atoms with Crippen LogP contribution in [0.15, 0.2) is 42.6 Å². The molecule has 2 aromatic heterocycles. The second kappa shape index (κ2) is 6.88. The van der Waals surface area contributed by atoms with Crippen molar-refractivity contribution in [3.8, 4) is 11.3 Å². The van der Waals surface area contributed by atoms with Crippen molar-refractivity contribution in [3.05, 3.63) is 48.2 Å². The van der Waals surface area contributed by atoms with Crippen molar-refractivity contribution in [2.24, 2.45) is 0 Å². The quantitative estimate of drug-likeness (QED) is 0.790. The molecule has 1 aliphatic heterocycles. The van der Waals surface area contributed by atoms with Crippen molar-refractivity contribution in [2.45, 2.75) is 19.9 Å². The molecule has 1 aromatic carbocycles. The first-order valence-electron chi connectivity index (χ1n) is 9.09. The normalized spacial score (nSPS) is 15.0. The van der Waals surface area contributed by atoms with Gasteiger partial charge < -0.3 is 10.2 Å². The number of hydrogen-bond donors (Lipinski definition) is 1. The maximum absolute atomic E-state index is 13.2. The number of carbonyl (C=O) groups is 1. The standard InChI is InChI=1S/C20H23N5O/c1-14(2)25-19-17(13-22-25)16(20(26)24-10-8-21-9-11-24)12-18(23-19)15-6-4-3-5-7-15/h3-7,12-14,21H,8-11H2,1-2H3. The van der Waals surface area contributed by atoms with Gasteiger partial charge >= 0.3 is 0 Å². The Morgan fingerprint density at radius 3 is 2.58 bits per heavy atom. The summed E-state index contributed by atoms with van der Waals surface area (Å²) in [5.74, 6) is 0.0550. The average molecular weight is 349 g/mol. The number of nitrogens with one attached hydrogen (secondary N) is 1. The van der Waals surface area contributed by atoms with Crippen molar-refractivity contribution in [2.75, 3.05) is 26.2 Å². The van der Waals surface area contributed by atoms with E-state index in [1.165, 1.54) is 0 Å². The van der Waals surface area contributed by atoms with Crippen LogP contribution in [0.25, 0.3) is 22.3 Å². The zero-order valence-corrected chi connectivity index (χ0v) is 15.1. The minimum absolute atomic E-state index is 0.0550. The number of benzene rings is 1. The summed E-state index contributed by atoms with van der Waals surface area (Å²) in [4.78, 5) is 20.0. The Morgan fingerprint density at radius 1 is 1.15 bits per heavy atom. The van der Waals surface area contributed by atoms with Gasteiger partial charge in [-0.05, 0) is 19.9 Å². The number of piperazine rings is 1. The Labute approximate surface area is 152 Å². The minimum atomic E-state index is 0.0550. The second-order valence-electron chi connectivity index (χ2n) is 6.88. The third-order valence-corrected chi connectivity index (χ3v) is 4.76. The summed E-state index contributed by atoms with van der Waals surface area (Å²) in [6.07, 6.45) is 1.77. The van der Waals surface area contributed by atoms with Gasteiger partial charge in [0.05, 0.1) is 22.8 Å². The number of carbonyl (C=O) groups excluding carboxylic acids is 1. The molecule has 3 aromatic rings. The lowest BCUT2D eigenvalue weighted by Gasteiger charge is -2.27. The molecule has 0 saturated carbocycles. The summed E-state index contributed by atoms with van der Waals surface area (Å²) in [7, 11) is 0. The van der Waals surface area contributed by atoms with Crippen LogP contribution in [0.5, 0.6) is 0 Å². The van der Waals surface area contributed by atoms with E-state index in [1.54, 1.807) is 6.20 Å². The van der Waals surface area contributed by atoms with Crippen LogP contribution in [-0.4, -0.2) is 51.8 Å². The number of hydrogen-bond acceptors (Lipinski definition) is 4. The fourth-order valence-electron chi connectivity index (χ4n) is 3.37. The van der Waals surface area contributed by atoms with Crippen molar-refractivity contribution in [3.63, 3.8) is 0 Å². The highest BCUT2D eigenvalue weighted by molar-refractivity contribution is 6.06. The monoisotopic (exact) mass is 349 g/mol. The summed E-state index contributed by atoms with van der Waals surface area (Å²) < 4.78 is 1.89. The molecule has 1 N–H and O–H groups in total. The average Bonchev–Trinajstić information content (AvgIpc) is 3.12. The molecule has 3 heterocycles. The zero-order chi connectivity index (χ0) is 18.1. The summed E-state index contributed by atoms with van der Waals surface area (Å²) in [6, 6.07) is 12.1. The van der Waals surface area contributed by atoms with Gasteiger partial charge in [0.2, 0.25) is 0 Å². The lowest BCUT2D eigenvalue weighted by Crippen LogP contribution is -2.46. The van der Waals surface area contributed by atoms with Gasteiger partial charge in [-0.3, -0.25) is 4.79 Å². The highest BCUT2D eigenvalue weighted by Gasteiger charge is 2.23. The summed E-state index contributed by atoms with van der Waals surface area (Å²) in [5.41, 5.74) is 3.25. The maximum Gasteiger partial charge on any atom is 0.254 e. The zero-order valence-electron chi connectivity index (χ0n) is 15.1. The maximum atomic E-state index is 13.2. The summed E-state index contributed by atoms with van der Waals surface area (Å²) >= 11 is 0. The fraction of sp³-hybridized carbons (Fsp3) is 0.350. The minimum Gasteiger partial charge on any atom is -0.336 e. The lowest BCUT2D eigenvalue weighted by molar-refractivity contribution is 0.0738. The third kappa shape index (κ3) is 2.97. The molecule has 0 aliphatic carbocycles. The van der Waals surface area contributed by atoms with Crippen LogP contribution in [0.2, 0.25) is 0 Å². The third-order valence-electron chi connectivity index (χ3n) is 4.76. The van der Waals surface area contributed by atoms with Crippen molar-refractivity contribution < 1.29 is 4.79 Å². The highest BCUT2D eigenvalue weighted by Crippen LogP contribution is 2.27. The number of aromatic nitrogens is 3. The molecule has 0 unspecified atom stereocenters. The molecule has 0 bridgehead atoms. The van der Waals surface area contributed by atoms with E-state index < -0.39 is 0 Å². The van der Waals surface area contributed by atoms with Gasteiger partial charge in [-0.15, -0.1) is 0 Å². The Kier molecular flexibility index (Phi) is 4.42. The van der Waals surface area contributed by atoms with Gasteiger partial charge in [0.1, 0.15) is 0 Å². The molecular weight excluding hydrogens is 326 g/mol. The molecule has 4 rings (SSSR count). The molecule has 1 amide bonds. The van der Waals surface area contributed by atoms with Crippen molar-refractivity contribution in [1.29, 1.82) is 0 Å². The number of rotatable bonds is 3. The first-order valence-corrected chi connectivity index (χ1v) is 9.09. The Bertz CT molecular complexity index is 926. The van der Waals surface area contributed by atoms with E-state index in [9.17, 15) is 4.79 Å². The first kappa shape index (κ1) is 16.7. The van der Waals surface area contributed by atoms with E-state index in [1.807, 2.05) is 46.0 Å². The van der Waals surface area contributed by atoms with Crippen LogP contribution >= 0.6 is 0 Å². The van der Waals surface area contributed by atoms with Gasteiger partial charge in [0.25, 0.3) is 5.91 Å². The van der Waals surface area contributed by atoms with Crippen LogP contribution in [0.1, 0.15) is 30.2 Å². The van der Waals surface area contributed by atoms with Crippen LogP contribution < -0.4 is 5.32 Å². The van der Waals surface area contributed by atoms with E-state index >= 15 is 0 Å². The molecule has 0 radical (unpaired) electrons. The molecule has 1 saturated heterocycles. The van der Waals surface area contributed by atoms with E-state index in [2.05, 4.69) is 24.3 Å². The molecule has 0 atom stereocenters. The molecule has 26 heavy (non-hydrogen) atoms. The van der Waals surface area contributed by atoms with Gasteiger partial charge in [0.15, 0.2) is 5.65 Å². The molecular formula is C20H23N5O. The molecule has 134 valence electrons. The topological polar surface area (TPSA) is 63.1 Å². The predicted octanol–water partition coefficient (Wildman–Crippen LogP) is 2.72. The smallest absolute Gasteiger partial charge is 0.254 e. The van der Waals surface area contributed by atoms with Gasteiger partial charge in [0, 0.05) is 37.8 Å². The summed E-state index contributed by atoms with van der Waals surface area (Å²) in [5, 5.41) is 8.60. The number of nitrogens with zero attached hydrogens (tertiary/aromatic N) is 4. The van der Waals surface area contributed by atoms with Gasteiger partial charge in [-0.1, -0.05) is 30.3 Å².